The number of nitrogens with zero attached hydrogens (tertiary/aromatic N) is 4. The summed E-state index contributed by atoms with van der Waals surface area (Å²) in [5, 5.41) is 4.98. The summed E-state index contributed by atoms with van der Waals surface area (Å²) in [5.74, 6) is 0.838. The lowest BCUT2D eigenvalue weighted by atomic mass is 10.2. The Balaban J connectivity index is 1.39. The second-order valence-corrected chi connectivity index (χ2v) is 7.08. The van der Waals surface area contributed by atoms with Gasteiger partial charge >= 0.3 is 0 Å². The average molecular weight is 369 g/mol. The third-order valence-electron chi connectivity index (χ3n) is 3.90. The molecule has 0 atom stereocenters. The van der Waals surface area contributed by atoms with Crippen LogP contribution in [0.1, 0.15) is 16.2 Å². The van der Waals surface area contributed by atoms with E-state index in [-0.39, 0.29) is 5.91 Å². The van der Waals surface area contributed by atoms with E-state index in [9.17, 15) is 4.79 Å². The summed E-state index contributed by atoms with van der Waals surface area (Å²) in [4.78, 5) is 18.1. The maximum atomic E-state index is 12.3. The zero-order valence-electron chi connectivity index (χ0n) is 13.5. The lowest BCUT2D eigenvalue weighted by Crippen LogP contribution is -2.26. The van der Waals surface area contributed by atoms with Gasteiger partial charge in [-0.15, -0.1) is 11.3 Å². The van der Waals surface area contributed by atoms with E-state index in [0.29, 0.717) is 18.5 Å². The highest BCUT2D eigenvalue weighted by molar-refractivity contribution is 7.13. The first kappa shape index (κ1) is 15.9. The molecule has 0 aliphatic rings. The Hall–Kier alpha value is -2.58. The van der Waals surface area contributed by atoms with Crippen LogP contribution in [-0.4, -0.2) is 30.8 Å². The summed E-state index contributed by atoms with van der Waals surface area (Å²) < 4.78 is 10.3. The minimum atomic E-state index is -0.109. The lowest BCUT2D eigenvalue weighted by Gasteiger charge is -2.05. The van der Waals surface area contributed by atoms with Crippen molar-refractivity contribution in [2.45, 2.75) is 6.42 Å². The first-order valence-corrected chi connectivity index (χ1v) is 9.38. The number of aromatic nitrogens is 4. The number of nitrogens with one attached hydrogen (secondary N) is 1. The molecule has 0 aliphatic carbocycles. The minimum absolute atomic E-state index is 0.109. The number of imidazole rings is 1. The number of aryl methyl sites for hydroxylation is 1. The molecule has 0 spiro atoms. The van der Waals surface area contributed by atoms with Gasteiger partial charge in [0.25, 0.3) is 5.91 Å². The number of carbonyl (C=O) groups is 1. The maximum absolute atomic E-state index is 12.3. The van der Waals surface area contributed by atoms with Crippen molar-refractivity contribution in [1.82, 2.24) is 23.6 Å². The van der Waals surface area contributed by atoms with Crippen LogP contribution >= 0.6 is 23.1 Å². The molecule has 4 aromatic rings. The Bertz CT molecular complexity index is 1020. The van der Waals surface area contributed by atoms with Crippen LogP contribution in [0.15, 0.2) is 41.9 Å². The van der Waals surface area contributed by atoms with Crippen LogP contribution in [0.25, 0.3) is 21.6 Å². The predicted molar refractivity (Wildman–Crippen MR) is 100.0 cm³/mol. The van der Waals surface area contributed by atoms with E-state index in [2.05, 4.69) is 25.1 Å². The van der Waals surface area contributed by atoms with Crippen molar-refractivity contribution in [3.05, 3.63) is 53.3 Å². The molecular weight excluding hydrogens is 354 g/mol. The van der Waals surface area contributed by atoms with Gasteiger partial charge in [-0.3, -0.25) is 4.79 Å². The van der Waals surface area contributed by atoms with Gasteiger partial charge in [-0.25, -0.2) is 4.98 Å². The smallest absolute Gasteiger partial charge is 0.251 e. The molecular formula is C17H15N5OS2. The van der Waals surface area contributed by atoms with Crippen LogP contribution < -0.4 is 5.32 Å². The first-order chi connectivity index (χ1) is 12.2. The molecule has 1 aromatic carbocycles. The monoisotopic (exact) mass is 369 g/mol. The third kappa shape index (κ3) is 3.31. The van der Waals surface area contributed by atoms with Crippen molar-refractivity contribution >= 4 is 40.0 Å². The highest BCUT2D eigenvalue weighted by atomic mass is 32.1. The Labute approximate surface area is 152 Å². The third-order valence-corrected chi connectivity index (χ3v) is 5.35. The van der Waals surface area contributed by atoms with Crippen LogP contribution in [0, 0.1) is 0 Å². The van der Waals surface area contributed by atoms with E-state index in [1.54, 1.807) is 23.5 Å². The number of thiophene rings is 1. The number of rotatable bonds is 5. The molecule has 126 valence electrons. The molecule has 0 saturated carbocycles. The van der Waals surface area contributed by atoms with Gasteiger partial charge in [0.15, 0.2) is 0 Å². The normalized spacial score (nSPS) is 11.1. The van der Waals surface area contributed by atoms with E-state index in [1.165, 1.54) is 0 Å². The van der Waals surface area contributed by atoms with Crippen molar-refractivity contribution in [2.75, 3.05) is 6.54 Å². The van der Waals surface area contributed by atoms with Crippen LogP contribution in [0.3, 0.4) is 0 Å². The van der Waals surface area contributed by atoms with Gasteiger partial charge in [-0.2, -0.15) is 8.75 Å². The standard InChI is InChI=1S/C17H15N5OS2/c1-22-10-14(15-3-2-8-24-15)19-16(22)6-7-18-17(23)11-4-5-12-13(9-11)21-25-20-12/h2-5,8-10H,6-7H2,1H3,(H,18,23). The number of benzene rings is 1. The van der Waals surface area contributed by atoms with Crippen LogP contribution in [0.4, 0.5) is 0 Å². The molecule has 8 heteroatoms. The molecule has 3 aromatic heterocycles. The van der Waals surface area contributed by atoms with E-state index in [1.807, 2.05) is 35.3 Å². The van der Waals surface area contributed by atoms with Gasteiger partial charge in [0.2, 0.25) is 0 Å². The number of fused-ring (bicyclic) bond motifs is 1. The first-order valence-electron chi connectivity index (χ1n) is 7.77. The molecule has 0 unspecified atom stereocenters. The summed E-state index contributed by atoms with van der Waals surface area (Å²) >= 11 is 2.82. The summed E-state index contributed by atoms with van der Waals surface area (Å²) in [5.41, 5.74) is 3.14. The molecule has 0 saturated heterocycles. The van der Waals surface area contributed by atoms with Gasteiger partial charge in [0.05, 0.1) is 22.3 Å². The zero-order valence-corrected chi connectivity index (χ0v) is 15.1. The van der Waals surface area contributed by atoms with Gasteiger partial charge in [0, 0.05) is 31.8 Å². The van der Waals surface area contributed by atoms with Crippen LogP contribution in [0.5, 0.6) is 0 Å². The van der Waals surface area contributed by atoms with Gasteiger partial charge in [-0.05, 0) is 29.6 Å². The molecule has 0 radical (unpaired) electrons. The Morgan fingerprint density at radius 3 is 2.96 bits per heavy atom. The van der Waals surface area contributed by atoms with Crippen molar-refractivity contribution in [2.24, 2.45) is 7.05 Å². The molecule has 4 rings (SSSR count). The molecule has 1 N–H and O–H groups in total. The van der Waals surface area contributed by atoms with Crippen LogP contribution in [0.2, 0.25) is 0 Å². The zero-order chi connectivity index (χ0) is 17.2. The summed E-state index contributed by atoms with van der Waals surface area (Å²) in [6.07, 6.45) is 2.69. The van der Waals surface area contributed by atoms with Gasteiger partial charge < -0.3 is 9.88 Å². The van der Waals surface area contributed by atoms with E-state index in [4.69, 9.17) is 0 Å². The van der Waals surface area contributed by atoms with Gasteiger partial charge in [-0.1, -0.05) is 6.07 Å². The van der Waals surface area contributed by atoms with E-state index >= 15 is 0 Å². The SMILES string of the molecule is Cn1cc(-c2cccs2)nc1CCNC(=O)c1ccc2nsnc2c1. The summed E-state index contributed by atoms with van der Waals surface area (Å²) in [6, 6.07) is 9.43. The molecule has 0 fully saturated rings. The second kappa shape index (κ2) is 6.73. The topological polar surface area (TPSA) is 72.7 Å². The minimum Gasteiger partial charge on any atom is -0.352 e. The second-order valence-electron chi connectivity index (χ2n) is 5.60. The van der Waals surface area contributed by atoms with Crippen molar-refractivity contribution < 1.29 is 4.79 Å². The highest BCUT2D eigenvalue weighted by Crippen LogP contribution is 2.23. The number of hydrogen-bond donors (Lipinski definition) is 1. The molecule has 0 aliphatic heterocycles. The van der Waals surface area contributed by atoms with E-state index < -0.39 is 0 Å². The molecule has 1 amide bonds. The average Bonchev–Trinajstić information content (AvgIpc) is 3.35. The molecule has 0 bridgehead atoms. The fourth-order valence-electron chi connectivity index (χ4n) is 2.59. The molecule has 25 heavy (non-hydrogen) atoms. The predicted octanol–water partition coefficient (Wildman–Crippen LogP) is 3.13. The van der Waals surface area contributed by atoms with Crippen molar-refractivity contribution in [3.63, 3.8) is 0 Å². The van der Waals surface area contributed by atoms with Crippen molar-refractivity contribution in [3.8, 4) is 10.6 Å². The highest BCUT2D eigenvalue weighted by Gasteiger charge is 2.10. The molecule has 3 heterocycles. The number of carbonyl (C=O) groups excluding carboxylic acids is 1. The van der Waals surface area contributed by atoms with Crippen LogP contribution in [-0.2, 0) is 13.5 Å². The quantitative estimate of drug-likeness (QED) is 0.587. The fraction of sp³-hybridized carbons (Fsp3) is 0.176. The van der Waals surface area contributed by atoms with Gasteiger partial charge in [0.1, 0.15) is 16.9 Å². The fourth-order valence-corrected chi connectivity index (χ4v) is 3.79. The summed E-state index contributed by atoms with van der Waals surface area (Å²) in [6.45, 7) is 0.529. The van der Waals surface area contributed by atoms with E-state index in [0.717, 1.165) is 39.2 Å². The summed E-state index contributed by atoms with van der Waals surface area (Å²) in [7, 11) is 1.98. The number of amides is 1. The Kier molecular flexibility index (Phi) is 4.29. The Morgan fingerprint density at radius 2 is 2.12 bits per heavy atom. The maximum Gasteiger partial charge on any atom is 0.251 e. The Morgan fingerprint density at radius 1 is 1.24 bits per heavy atom. The van der Waals surface area contributed by atoms with Crippen molar-refractivity contribution in [1.29, 1.82) is 0 Å². The molecule has 6 nitrogen and oxygen atoms in total. The largest absolute Gasteiger partial charge is 0.352 e. The lowest BCUT2D eigenvalue weighted by molar-refractivity contribution is 0.0954. The number of hydrogen-bond acceptors (Lipinski definition) is 6.